The maximum atomic E-state index is 13.0. The molecular weight excluding hydrogens is 1010 g/mol. The van der Waals surface area contributed by atoms with E-state index in [0.717, 1.165) is 89.9 Å². The quantitative estimate of drug-likeness (QED) is 0.0261. The number of hydrogen-bond donors (Lipinski definition) is 0. The van der Waals surface area contributed by atoms with E-state index in [1.807, 2.05) is 0 Å². The molecule has 0 rings (SSSR count). The number of carbonyl (C=O) groups excluding carboxylic acids is 3. The summed E-state index contributed by atoms with van der Waals surface area (Å²) in [5.41, 5.74) is 0. The monoisotopic (exact) mass is 1150 g/mol. The molecule has 0 N–H and O–H groups in total. The van der Waals surface area contributed by atoms with Crippen molar-refractivity contribution in [3.8, 4) is 0 Å². The summed E-state index contributed by atoms with van der Waals surface area (Å²) in [6.45, 7) is 6.64. The molecular formula is C76H136O6. The maximum Gasteiger partial charge on any atom is 0.306 e. The molecule has 476 valence electrons. The molecule has 0 amide bonds. The number of unbranched alkanes of at least 4 members (excludes halogenated alkanes) is 43. The standard InChI is InChI=1S/C76H136O6/c1-4-7-10-13-16-19-22-25-28-31-33-35-36-37-38-39-40-42-43-45-48-51-54-57-60-63-66-69-75(78)81-72-73(71-80-74(77)68-65-62-59-56-53-50-47-30-27-24-21-18-15-12-9-6-3)82-76(79)70-67-64-61-58-55-52-49-46-44-41-34-32-29-26-23-20-17-14-11-8-5-2/h21-26,30-34,47,73H,4-20,27-29,35-46,48-72H2,1-3H3/b24-21-,25-22-,26-23-,33-31-,34-32-,47-30-. The van der Waals surface area contributed by atoms with E-state index in [9.17, 15) is 14.4 Å². The van der Waals surface area contributed by atoms with Gasteiger partial charge in [-0.15, -0.1) is 0 Å². The number of carbonyl (C=O) groups is 3. The van der Waals surface area contributed by atoms with Crippen LogP contribution in [0.25, 0.3) is 0 Å². The first-order valence-electron chi connectivity index (χ1n) is 35.9. The zero-order valence-corrected chi connectivity index (χ0v) is 54.8. The van der Waals surface area contributed by atoms with Crippen LogP contribution < -0.4 is 0 Å². The Hall–Kier alpha value is -3.15. The minimum absolute atomic E-state index is 0.0792. The number of esters is 3. The van der Waals surface area contributed by atoms with E-state index >= 15 is 0 Å². The molecule has 6 nitrogen and oxygen atoms in total. The molecule has 0 aromatic heterocycles. The normalized spacial score (nSPS) is 12.5. The summed E-state index contributed by atoms with van der Waals surface area (Å²) in [7, 11) is 0. The van der Waals surface area contributed by atoms with Crippen LogP contribution in [0.3, 0.4) is 0 Å². The van der Waals surface area contributed by atoms with Crippen LogP contribution in [0.1, 0.15) is 374 Å². The summed E-state index contributed by atoms with van der Waals surface area (Å²) < 4.78 is 17.0. The summed E-state index contributed by atoms with van der Waals surface area (Å²) in [4.78, 5) is 38.5. The van der Waals surface area contributed by atoms with E-state index in [-0.39, 0.29) is 31.1 Å². The molecule has 0 radical (unpaired) electrons. The molecule has 6 heteroatoms. The van der Waals surface area contributed by atoms with Gasteiger partial charge in [0.1, 0.15) is 13.2 Å². The lowest BCUT2D eigenvalue weighted by Gasteiger charge is -2.18. The van der Waals surface area contributed by atoms with Crippen LogP contribution in [0.5, 0.6) is 0 Å². The molecule has 0 aliphatic rings. The van der Waals surface area contributed by atoms with Crippen molar-refractivity contribution in [3.63, 3.8) is 0 Å². The highest BCUT2D eigenvalue weighted by Crippen LogP contribution is 2.17. The van der Waals surface area contributed by atoms with Crippen LogP contribution in [0.2, 0.25) is 0 Å². The smallest absolute Gasteiger partial charge is 0.306 e. The van der Waals surface area contributed by atoms with Crippen molar-refractivity contribution in [2.75, 3.05) is 13.2 Å². The summed E-state index contributed by atoms with van der Waals surface area (Å²) in [5, 5.41) is 0. The van der Waals surface area contributed by atoms with Crippen LogP contribution in [0.4, 0.5) is 0 Å². The highest BCUT2D eigenvalue weighted by Gasteiger charge is 2.19. The summed E-state index contributed by atoms with van der Waals surface area (Å²) in [6.07, 6.45) is 92.1. The summed E-state index contributed by atoms with van der Waals surface area (Å²) in [6, 6.07) is 0. The van der Waals surface area contributed by atoms with Crippen molar-refractivity contribution < 1.29 is 28.6 Å². The van der Waals surface area contributed by atoms with Gasteiger partial charge in [0.15, 0.2) is 6.10 Å². The second-order valence-corrected chi connectivity index (χ2v) is 24.1. The number of allylic oxidation sites excluding steroid dienone is 12. The van der Waals surface area contributed by atoms with Crippen molar-refractivity contribution in [1.29, 1.82) is 0 Å². The minimum atomic E-state index is -0.785. The number of ether oxygens (including phenoxy) is 3. The fourth-order valence-corrected chi connectivity index (χ4v) is 10.5. The van der Waals surface area contributed by atoms with Crippen molar-refractivity contribution in [2.24, 2.45) is 0 Å². The predicted octanol–water partition coefficient (Wildman–Crippen LogP) is 24.8. The first-order chi connectivity index (χ1) is 40.5. The SMILES string of the molecule is CCCCCC/C=C\C/C=C\CCCCCCCC(=O)OCC(COC(=O)CCCCCCCCCCCCCCCCC/C=C\C/C=C\CCCCCCC)OC(=O)CCCCCCCCCCC/C=C\C/C=C\CCCCCCC. The summed E-state index contributed by atoms with van der Waals surface area (Å²) >= 11 is 0. The fourth-order valence-electron chi connectivity index (χ4n) is 10.5. The predicted molar refractivity (Wildman–Crippen MR) is 358 cm³/mol. The Morgan fingerprint density at radius 1 is 0.244 bits per heavy atom. The van der Waals surface area contributed by atoms with Gasteiger partial charge in [0.2, 0.25) is 0 Å². The zero-order valence-electron chi connectivity index (χ0n) is 54.8. The third-order valence-corrected chi connectivity index (χ3v) is 15.9. The molecule has 0 fully saturated rings. The molecule has 0 aromatic rings. The first kappa shape index (κ1) is 78.8. The van der Waals surface area contributed by atoms with Crippen LogP contribution in [0, 0.1) is 0 Å². The van der Waals surface area contributed by atoms with Crippen LogP contribution in [-0.2, 0) is 28.6 Å². The van der Waals surface area contributed by atoms with Gasteiger partial charge in [0.25, 0.3) is 0 Å². The van der Waals surface area contributed by atoms with Crippen LogP contribution >= 0.6 is 0 Å². The molecule has 0 spiro atoms. The Labute approximate surface area is 510 Å². The van der Waals surface area contributed by atoms with Gasteiger partial charge in [0.05, 0.1) is 0 Å². The van der Waals surface area contributed by atoms with Gasteiger partial charge < -0.3 is 14.2 Å². The van der Waals surface area contributed by atoms with E-state index in [4.69, 9.17) is 14.2 Å². The Kier molecular flexibility index (Phi) is 67.6. The molecule has 0 heterocycles. The lowest BCUT2D eigenvalue weighted by atomic mass is 10.0. The molecule has 0 aliphatic heterocycles. The van der Waals surface area contributed by atoms with Gasteiger partial charge in [-0.3, -0.25) is 14.4 Å². The van der Waals surface area contributed by atoms with Gasteiger partial charge >= 0.3 is 17.9 Å². The number of hydrogen-bond acceptors (Lipinski definition) is 6. The minimum Gasteiger partial charge on any atom is -0.462 e. The Balaban J connectivity index is 4.31. The van der Waals surface area contributed by atoms with Gasteiger partial charge in [0, 0.05) is 19.3 Å². The first-order valence-corrected chi connectivity index (χ1v) is 35.9. The fraction of sp³-hybridized carbons (Fsp3) is 0.803. The Morgan fingerprint density at radius 2 is 0.439 bits per heavy atom. The van der Waals surface area contributed by atoms with Gasteiger partial charge in [-0.25, -0.2) is 0 Å². The molecule has 82 heavy (non-hydrogen) atoms. The van der Waals surface area contributed by atoms with Crippen molar-refractivity contribution in [1.82, 2.24) is 0 Å². The van der Waals surface area contributed by atoms with E-state index in [1.54, 1.807) is 0 Å². The maximum absolute atomic E-state index is 13.0. The number of rotatable bonds is 66. The Morgan fingerprint density at radius 3 is 0.683 bits per heavy atom. The zero-order chi connectivity index (χ0) is 59.2. The molecule has 0 saturated heterocycles. The van der Waals surface area contributed by atoms with Crippen molar-refractivity contribution >= 4 is 17.9 Å². The lowest BCUT2D eigenvalue weighted by Crippen LogP contribution is -2.30. The van der Waals surface area contributed by atoms with Crippen LogP contribution in [0.15, 0.2) is 72.9 Å². The van der Waals surface area contributed by atoms with E-state index in [0.29, 0.717) is 19.3 Å². The van der Waals surface area contributed by atoms with Gasteiger partial charge in [-0.05, 0) is 116 Å². The highest BCUT2D eigenvalue weighted by molar-refractivity contribution is 5.71. The second kappa shape index (κ2) is 70.3. The largest absolute Gasteiger partial charge is 0.462 e. The molecule has 0 aliphatic carbocycles. The topological polar surface area (TPSA) is 78.9 Å². The molecule has 1 atom stereocenters. The third-order valence-electron chi connectivity index (χ3n) is 15.9. The highest BCUT2D eigenvalue weighted by atomic mass is 16.6. The summed E-state index contributed by atoms with van der Waals surface area (Å²) in [5.74, 6) is -0.877. The van der Waals surface area contributed by atoms with Crippen LogP contribution in [-0.4, -0.2) is 37.2 Å². The van der Waals surface area contributed by atoms with E-state index in [1.165, 1.54) is 244 Å². The van der Waals surface area contributed by atoms with Gasteiger partial charge in [-0.1, -0.05) is 312 Å². The average molecular weight is 1150 g/mol. The average Bonchev–Trinajstić information content (AvgIpc) is 3.47. The van der Waals surface area contributed by atoms with E-state index < -0.39 is 6.10 Å². The second-order valence-electron chi connectivity index (χ2n) is 24.1. The van der Waals surface area contributed by atoms with Gasteiger partial charge in [-0.2, -0.15) is 0 Å². The third kappa shape index (κ3) is 67.6. The van der Waals surface area contributed by atoms with E-state index in [2.05, 4.69) is 93.7 Å². The van der Waals surface area contributed by atoms with Crippen molar-refractivity contribution in [2.45, 2.75) is 380 Å². The van der Waals surface area contributed by atoms with Crippen molar-refractivity contribution in [3.05, 3.63) is 72.9 Å². The molecule has 0 aromatic carbocycles. The molecule has 1 unspecified atom stereocenters. The Bertz CT molecular complexity index is 1500. The lowest BCUT2D eigenvalue weighted by molar-refractivity contribution is -0.167. The molecule has 0 saturated carbocycles. The molecule has 0 bridgehead atoms.